The molecule has 2 aliphatic rings. The highest BCUT2D eigenvalue weighted by atomic mass is 32.2. The van der Waals surface area contributed by atoms with Crippen LogP contribution in [-0.2, 0) is 21.2 Å². The molecular weight excluding hydrogens is 460 g/mol. The number of hydrogen-bond acceptors (Lipinski definition) is 7. The fourth-order valence-electron chi connectivity index (χ4n) is 4.75. The maximum absolute atomic E-state index is 13.3. The summed E-state index contributed by atoms with van der Waals surface area (Å²) in [5.74, 6) is 0.925. The zero-order chi connectivity index (χ0) is 23.4. The van der Waals surface area contributed by atoms with Crippen molar-refractivity contribution in [1.82, 2.24) is 19.8 Å². The van der Waals surface area contributed by atoms with Gasteiger partial charge in [-0.05, 0) is 38.7 Å². The van der Waals surface area contributed by atoms with Gasteiger partial charge in [-0.3, -0.25) is 4.79 Å². The molecule has 1 aliphatic carbocycles. The highest BCUT2D eigenvalue weighted by Gasteiger charge is 2.34. The number of carbonyl (C=O) groups excluding carboxylic acids is 1. The second-order valence-corrected chi connectivity index (χ2v) is 12.3. The molecule has 33 heavy (non-hydrogen) atoms. The number of sulfonamides is 1. The Kier molecular flexibility index (Phi) is 7.86. The average Bonchev–Trinajstić information content (AvgIpc) is 3.42. The van der Waals surface area contributed by atoms with Crippen molar-refractivity contribution in [2.24, 2.45) is 5.92 Å². The van der Waals surface area contributed by atoms with Crippen molar-refractivity contribution in [1.29, 1.82) is 0 Å². The van der Waals surface area contributed by atoms with E-state index in [-0.39, 0.29) is 17.9 Å². The Morgan fingerprint density at radius 3 is 2.45 bits per heavy atom. The standard InChI is InChI=1S/C23H34N4O4S2/c1-3-21-25-22(26-31-21)19-15-20(16(2)32-19)33(29,30)27-13-11-17(12-14-27)23(28)24-18-9-7-5-4-6-8-10-18/h15,17-18H,3-14H2,1-2H3,(H,24,28). The molecule has 182 valence electrons. The van der Waals surface area contributed by atoms with Crippen LogP contribution in [0.2, 0.25) is 0 Å². The second kappa shape index (κ2) is 10.7. The van der Waals surface area contributed by atoms with Crippen LogP contribution in [0, 0.1) is 12.8 Å². The molecule has 1 saturated heterocycles. The van der Waals surface area contributed by atoms with Crippen molar-refractivity contribution < 1.29 is 17.7 Å². The van der Waals surface area contributed by atoms with Gasteiger partial charge in [0, 0.05) is 36.3 Å². The predicted octanol–water partition coefficient (Wildman–Crippen LogP) is 4.30. The normalized spacial score (nSPS) is 19.8. The van der Waals surface area contributed by atoms with E-state index in [1.807, 2.05) is 6.92 Å². The van der Waals surface area contributed by atoms with E-state index < -0.39 is 10.0 Å². The van der Waals surface area contributed by atoms with Crippen LogP contribution in [-0.4, -0.2) is 47.9 Å². The van der Waals surface area contributed by atoms with Gasteiger partial charge in [-0.25, -0.2) is 8.42 Å². The van der Waals surface area contributed by atoms with Crippen molar-refractivity contribution in [3.05, 3.63) is 16.8 Å². The molecule has 2 fully saturated rings. The van der Waals surface area contributed by atoms with Crippen LogP contribution in [0.1, 0.15) is 75.5 Å². The lowest BCUT2D eigenvalue weighted by Gasteiger charge is -2.31. The molecule has 2 aromatic heterocycles. The van der Waals surface area contributed by atoms with Crippen LogP contribution in [0.25, 0.3) is 10.7 Å². The first-order chi connectivity index (χ1) is 15.9. The number of amides is 1. The fraction of sp³-hybridized carbons (Fsp3) is 0.696. The van der Waals surface area contributed by atoms with Crippen LogP contribution in [0.3, 0.4) is 0 Å². The molecular formula is C23H34N4O4S2. The predicted molar refractivity (Wildman–Crippen MR) is 127 cm³/mol. The molecule has 1 saturated carbocycles. The summed E-state index contributed by atoms with van der Waals surface area (Å²) in [6.07, 6.45) is 9.99. The fourth-order valence-corrected chi connectivity index (χ4v) is 7.70. The van der Waals surface area contributed by atoms with Gasteiger partial charge in [0.15, 0.2) is 0 Å². The molecule has 1 amide bonds. The molecule has 2 aromatic rings. The number of piperidine rings is 1. The first kappa shape index (κ1) is 24.3. The first-order valence-electron chi connectivity index (χ1n) is 12.1. The molecule has 0 spiro atoms. The Morgan fingerprint density at radius 2 is 1.82 bits per heavy atom. The third kappa shape index (κ3) is 5.66. The van der Waals surface area contributed by atoms with Gasteiger partial charge in [0.05, 0.1) is 9.77 Å². The van der Waals surface area contributed by atoms with E-state index in [1.54, 1.807) is 13.0 Å². The number of hydrogen-bond donors (Lipinski definition) is 1. The summed E-state index contributed by atoms with van der Waals surface area (Å²) in [7, 11) is -3.64. The number of aromatic nitrogens is 2. The number of thiophene rings is 1. The quantitative estimate of drug-likeness (QED) is 0.642. The Morgan fingerprint density at radius 1 is 1.15 bits per heavy atom. The van der Waals surface area contributed by atoms with Crippen LogP contribution in [0.5, 0.6) is 0 Å². The molecule has 1 N–H and O–H groups in total. The summed E-state index contributed by atoms with van der Waals surface area (Å²) in [5.41, 5.74) is 0. The zero-order valence-corrected chi connectivity index (χ0v) is 21.1. The maximum atomic E-state index is 13.3. The molecule has 0 atom stereocenters. The minimum Gasteiger partial charge on any atom is -0.353 e. The van der Waals surface area contributed by atoms with Gasteiger partial charge in [0.25, 0.3) is 0 Å². The minimum atomic E-state index is -3.64. The first-order valence-corrected chi connectivity index (χ1v) is 14.4. The lowest BCUT2D eigenvalue weighted by atomic mass is 9.94. The summed E-state index contributed by atoms with van der Waals surface area (Å²) in [6, 6.07) is 1.91. The Labute approximate surface area is 200 Å². The number of carbonyl (C=O) groups is 1. The van der Waals surface area contributed by atoms with Crippen molar-refractivity contribution in [2.75, 3.05) is 13.1 Å². The molecule has 10 heteroatoms. The van der Waals surface area contributed by atoms with E-state index in [2.05, 4.69) is 15.5 Å². The van der Waals surface area contributed by atoms with Gasteiger partial charge in [-0.15, -0.1) is 11.3 Å². The molecule has 0 radical (unpaired) electrons. The summed E-state index contributed by atoms with van der Waals surface area (Å²) < 4.78 is 33.4. The van der Waals surface area contributed by atoms with Crippen molar-refractivity contribution in [2.45, 2.75) is 89.0 Å². The van der Waals surface area contributed by atoms with E-state index >= 15 is 0 Å². The van der Waals surface area contributed by atoms with Crippen LogP contribution < -0.4 is 5.32 Å². The van der Waals surface area contributed by atoms with Gasteiger partial charge >= 0.3 is 0 Å². The van der Waals surface area contributed by atoms with Crippen molar-refractivity contribution in [3.63, 3.8) is 0 Å². The number of rotatable bonds is 6. The highest BCUT2D eigenvalue weighted by molar-refractivity contribution is 7.89. The van der Waals surface area contributed by atoms with Crippen LogP contribution in [0.15, 0.2) is 15.5 Å². The molecule has 0 unspecified atom stereocenters. The van der Waals surface area contributed by atoms with E-state index in [4.69, 9.17) is 4.52 Å². The zero-order valence-electron chi connectivity index (χ0n) is 19.5. The van der Waals surface area contributed by atoms with Crippen LogP contribution >= 0.6 is 11.3 Å². The molecule has 0 aromatic carbocycles. The summed E-state index contributed by atoms with van der Waals surface area (Å²) in [4.78, 5) is 18.8. The van der Waals surface area contributed by atoms with E-state index in [0.717, 1.165) is 12.8 Å². The van der Waals surface area contributed by atoms with E-state index in [9.17, 15) is 13.2 Å². The highest BCUT2D eigenvalue weighted by Crippen LogP contribution is 2.35. The number of nitrogens with one attached hydrogen (secondary N) is 1. The van der Waals surface area contributed by atoms with E-state index in [1.165, 1.54) is 47.7 Å². The number of aryl methyl sites for hydroxylation is 2. The lowest BCUT2D eigenvalue weighted by molar-refractivity contribution is -0.127. The van der Waals surface area contributed by atoms with Crippen molar-refractivity contribution >= 4 is 27.3 Å². The van der Waals surface area contributed by atoms with Crippen molar-refractivity contribution in [3.8, 4) is 10.7 Å². The Hall–Kier alpha value is -1.78. The molecule has 3 heterocycles. The van der Waals surface area contributed by atoms with Gasteiger partial charge < -0.3 is 9.84 Å². The molecule has 0 bridgehead atoms. The minimum absolute atomic E-state index is 0.0930. The SMILES string of the molecule is CCc1nc(-c2cc(S(=O)(=O)N3CCC(C(=O)NC4CCCCCCC4)CC3)c(C)s2)no1. The maximum Gasteiger partial charge on any atom is 0.244 e. The van der Waals surface area contributed by atoms with Gasteiger partial charge in [0.2, 0.25) is 27.6 Å². The largest absolute Gasteiger partial charge is 0.353 e. The Balaban J connectivity index is 1.37. The monoisotopic (exact) mass is 494 g/mol. The van der Waals surface area contributed by atoms with E-state index in [0.29, 0.717) is 58.7 Å². The third-order valence-corrected chi connectivity index (χ3v) is 9.96. The van der Waals surface area contributed by atoms with Crippen LogP contribution in [0.4, 0.5) is 0 Å². The Bertz CT molecular complexity index is 1050. The molecule has 8 nitrogen and oxygen atoms in total. The van der Waals surface area contributed by atoms with Gasteiger partial charge in [-0.2, -0.15) is 9.29 Å². The second-order valence-electron chi connectivity index (χ2n) is 9.13. The van der Waals surface area contributed by atoms with Gasteiger partial charge in [0.1, 0.15) is 0 Å². The average molecular weight is 495 g/mol. The summed E-state index contributed by atoms with van der Waals surface area (Å²) in [6.45, 7) is 4.45. The third-order valence-electron chi connectivity index (χ3n) is 6.76. The molecule has 1 aliphatic heterocycles. The summed E-state index contributed by atoms with van der Waals surface area (Å²) in [5, 5.41) is 7.22. The number of nitrogens with zero attached hydrogens (tertiary/aromatic N) is 3. The topological polar surface area (TPSA) is 105 Å². The summed E-state index contributed by atoms with van der Waals surface area (Å²) >= 11 is 1.36. The lowest BCUT2D eigenvalue weighted by Crippen LogP contribution is -2.45. The van der Waals surface area contributed by atoms with Gasteiger partial charge in [-0.1, -0.05) is 44.2 Å². The smallest absolute Gasteiger partial charge is 0.244 e. The molecule has 4 rings (SSSR count).